The summed E-state index contributed by atoms with van der Waals surface area (Å²) in [5.74, 6) is 2.11. The zero-order chi connectivity index (χ0) is 24.4. The largest absolute Gasteiger partial charge is 0.491 e. The molecule has 0 aromatic carbocycles. The summed E-state index contributed by atoms with van der Waals surface area (Å²) in [6.45, 7) is 5.64. The van der Waals surface area contributed by atoms with Crippen LogP contribution in [0.25, 0.3) is 22.4 Å². The molecule has 3 N–H and O–H groups in total. The highest BCUT2D eigenvalue weighted by atomic mass is 35.5. The summed E-state index contributed by atoms with van der Waals surface area (Å²) >= 11 is 6.24. The van der Waals surface area contributed by atoms with Gasteiger partial charge in [0.1, 0.15) is 23.1 Å². The molecule has 0 saturated heterocycles. The molecular weight excluding hydrogens is 472 g/mol. The average molecular weight is 495 g/mol. The van der Waals surface area contributed by atoms with Crippen molar-refractivity contribution in [3.8, 4) is 11.3 Å². The molecule has 5 heterocycles. The highest BCUT2D eigenvalue weighted by molar-refractivity contribution is 6.30. The van der Waals surface area contributed by atoms with E-state index in [1.165, 1.54) is 11.9 Å². The second-order valence-electron chi connectivity index (χ2n) is 9.23. The maximum Gasteiger partial charge on any atom is 0.433 e. The molecule has 0 saturated carbocycles. The molecule has 0 radical (unpaired) electrons. The van der Waals surface area contributed by atoms with E-state index in [4.69, 9.17) is 32.2 Å². The van der Waals surface area contributed by atoms with E-state index in [2.05, 4.69) is 43.3 Å². The highest BCUT2D eigenvalue weighted by Crippen LogP contribution is 2.46. The SMILES string of the molecule is C[C@@H]1CN2C3=C(O1)[C@H](C)CC[C@H]3Cn1c2nc2nc(/C(N)=N/C(=O)O)nc(-c3cncc(Cl)c3)c21. The zero-order valence-electron chi connectivity index (χ0n) is 19.1. The van der Waals surface area contributed by atoms with Crippen LogP contribution in [0.5, 0.6) is 0 Å². The number of aromatic nitrogens is 5. The molecule has 0 unspecified atom stereocenters. The van der Waals surface area contributed by atoms with Crippen LogP contribution in [0.2, 0.25) is 5.02 Å². The summed E-state index contributed by atoms with van der Waals surface area (Å²) in [4.78, 5) is 35.0. The number of carbonyl (C=O) groups is 1. The van der Waals surface area contributed by atoms with Crippen molar-refractivity contribution in [2.24, 2.45) is 22.6 Å². The zero-order valence-corrected chi connectivity index (χ0v) is 19.9. The molecule has 1 amide bonds. The lowest BCUT2D eigenvalue weighted by Crippen LogP contribution is -2.47. The Morgan fingerprint density at radius 3 is 2.83 bits per heavy atom. The van der Waals surface area contributed by atoms with E-state index in [1.54, 1.807) is 12.3 Å². The predicted molar refractivity (Wildman–Crippen MR) is 129 cm³/mol. The number of amides is 1. The van der Waals surface area contributed by atoms with Crippen molar-refractivity contribution in [1.29, 1.82) is 0 Å². The minimum absolute atomic E-state index is 0.0119. The van der Waals surface area contributed by atoms with E-state index in [1.807, 2.05) is 0 Å². The number of fused-ring (bicyclic) bond motifs is 4. The van der Waals surface area contributed by atoms with E-state index in [9.17, 15) is 4.79 Å². The molecule has 3 aliphatic rings. The summed E-state index contributed by atoms with van der Waals surface area (Å²) < 4.78 is 8.42. The number of imidazole rings is 1. The summed E-state index contributed by atoms with van der Waals surface area (Å²) in [5.41, 5.74) is 9.41. The molecule has 6 rings (SSSR count). The molecule has 180 valence electrons. The molecule has 3 aromatic heterocycles. The lowest BCUT2D eigenvalue weighted by Gasteiger charge is -2.46. The normalized spacial score (nSPS) is 23.7. The third-order valence-electron chi connectivity index (χ3n) is 6.74. The fourth-order valence-electron chi connectivity index (χ4n) is 5.31. The first kappa shape index (κ1) is 21.8. The molecule has 3 atom stereocenters. The number of rotatable bonds is 2. The van der Waals surface area contributed by atoms with Crippen LogP contribution in [0.1, 0.15) is 32.5 Å². The molecule has 0 spiro atoms. The van der Waals surface area contributed by atoms with E-state index < -0.39 is 6.09 Å². The summed E-state index contributed by atoms with van der Waals surface area (Å²) in [6, 6.07) is 1.75. The summed E-state index contributed by atoms with van der Waals surface area (Å²) in [5, 5.41) is 9.53. The first-order valence-electron chi connectivity index (χ1n) is 11.4. The molecular formula is C23H23ClN8O3. The number of pyridine rings is 1. The van der Waals surface area contributed by atoms with Crippen LogP contribution in [0.15, 0.2) is 34.9 Å². The van der Waals surface area contributed by atoms with Gasteiger partial charge in [0.15, 0.2) is 17.3 Å². The van der Waals surface area contributed by atoms with Gasteiger partial charge in [0.05, 0.1) is 17.3 Å². The lowest BCUT2D eigenvalue weighted by molar-refractivity contribution is 0.0763. The standard InChI is InChI=1S/C23H23ClN8O3/c1-10-3-4-12-9-32-17-15(13-5-14(24)7-26-6-13)27-21(19(25)28-23(33)34)29-20(17)30-22(32)31-8-11(2)35-18(10)16(12)31/h5-7,10-12H,3-4,8-9H2,1-2H3,(H2,25,28)(H,33,34)/t10-,11-,12+/m1/s1. The van der Waals surface area contributed by atoms with Crippen LogP contribution < -0.4 is 10.6 Å². The van der Waals surface area contributed by atoms with Gasteiger partial charge in [-0.2, -0.15) is 9.98 Å². The van der Waals surface area contributed by atoms with Gasteiger partial charge in [0.25, 0.3) is 0 Å². The molecule has 35 heavy (non-hydrogen) atoms. The fraction of sp³-hybridized carbons (Fsp3) is 0.391. The predicted octanol–water partition coefficient (Wildman–Crippen LogP) is 3.42. The average Bonchev–Trinajstić information content (AvgIpc) is 3.19. The van der Waals surface area contributed by atoms with Gasteiger partial charge in [-0.25, -0.2) is 14.8 Å². The Kier molecular flexibility index (Phi) is 4.92. The smallest absolute Gasteiger partial charge is 0.433 e. The van der Waals surface area contributed by atoms with Crippen molar-refractivity contribution in [2.75, 3.05) is 11.4 Å². The van der Waals surface area contributed by atoms with Crippen molar-refractivity contribution in [2.45, 2.75) is 39.3 Å². The van der Waals surface area contributed by atoms with E-state index >= 15 is 0 Å². The van der Waals surface area contributed by atoms with Gasteiger partial charge < -0.3 is 25.0 Å². The quantitative estimate of drug-likeness (QED) is 0.404. The van der Waals surface area contributed by atoms with E-state index in [0.717, 1.165) is 24.5 Å². The first-order valence-corrected chi connectivity index (χ1v) is 11.8. The lowest BCUT2D eigenvalue weighted by atomic mass is 9.82. The number of halogens is 1. The maximum atomic E-state index is 11.1. The van der Waals surface area contributed by atoms with Gasteiger partial charge in [0.2, 0.25) is 5.95 Å². The topological polar surface area (TPSA) is 145 Å². The minimum Gasteiger partial charge on any atom is -0.491 e. The number of hydrogen-bond donors (Lipinski definition) is 2. The second kappa shape index (κ2) is 7.91. The van der Waals surface area contributed by atoms with Crippen LogP contribution >= 0.6 is 11.6 Å². The Hall–Kier alpha value is -3.73. The third kappa shape index (κ3) is 3.49. The number of nitrogens with zero attached hydrogens (tertiary/aromatic N) is 7. The molecule has 0 fully saturated rings. The van der Waals surface area contributed by atoms with Crippen LogP contribution in [0.4, 0.5) is 10.7 Å². The number of nitrogens with two attached hydrogens (primary N) is 1. The molecule has 0 bridgehead atoms. The van der Waals surface area contributed by atoms with Crippen LogP contribution in [-0.2, 0) is 11.3 Å². The first-order chi connectivity index (χ1) is 16.8. The number of ether oxygens (including phenoxy) is 1. The minimum atomic E-state index is -1.43. The van der Waals surface area contributed by atoms with Crippen molar-refractivity contribution in [3.63, 3.8) is 0 Å². The third-order valence-corrected chi connectivity index (χ3v) is 6.95. The van der Waals surface area contributed by atoms with Gasteiger partial charge >= 0.3 is 6.09 Å². The number of aliphatic imine (C=N–C) groups is 1. The number of carboxylic acid groups (broad SMARTS) is 1. The fourth-order valence-corrected chi connectivity index (χ4v) is 5.49. The van der Waals surface area contributed by atoms with Crippen LogP contribution in [0.3, 0.4) is 0 Å². The van der Waals surface area contributed by atoms with Gasteiger partial charge in [0, 0.05) is 36.3 Å². The molecule has 12 heteroatoms. The van der Waals surface area contributed by atoms with Gasteiger partial charge in [-0.3, -0.25) is 4.98 Å². The Balaban J connectivity index is 1.63. The van der Waals surface area contributed by atoms with Crippen LogP contribution in [0, 0.1) is 11.8 Å². The Bertz CT molecular complexity index is 1450. The molecule has 11 nitrogen and oxygen atoms in total. The number of amidine groups is 1. The van der Waals surface area contributed by atoms with Crippen molar-refractivity contribution in [1.82, 2.24) is 24.5 Å². The van der Waals surface area contributed by atoms with Gasteiger partial charge in [-0.15, -0.1) is 0 Å². The number of hydrogen-bond acceptors (Lipinski definition) is 7. The Morgan fingerprint density at radius 2 is 2.06 bits per heavy atom. The van der Waals surface area contributed by atoms with Crippen molar-refractivity contribution < 1.29 is 14.6 Å². The Morgan fingerprint density at radius 1 is 1.23 bits per heavy atom. The van der Waals surface area contributed by atoms with Gasteiger partial charge in [-0.1, -0.05) is 18.5 Å². The number of anilines is 1. The highest BCUT2D eigenvalue weighted by Gasteiger charge is 2.43. The Labute approximate surface area is 205 Å². The van der Waals surface area contributed by atoms with Crippen LogP contribution in [-0.4, -0.2) is 54.2 Å². The second-order valence-corrected chi connectivity index (χ2v) is 9.66. The molecule has 1 aliphatic carbocycles. The summed E-state index contributed by atoms with van der Waals surface area (Å²) in [6.07, 6.45) is 3.86. The maximum absolute atomic E-state index is 11.1. The van der Waals surface area contributed by atoms with E-state index in [0.29, 0.717) is 46.5 Å². The molecule has 3 aromatic rings. The molecule has 2 aliphatic heterocycles. The van der Waals surface area contributed by atoms with Crippen molar-refractivity contribution in [3.05, 3.63) is 40.8 Å². The van der Waals surface area contributed by atoms with Gasteiger partial charge in [-0.05, 0) is 25.8 Å². The summed E-state index contributed by atoms with van der Waals surface area (Å²) in [7, 11) is 0. The number of allylic oxidation sites excluding steroid dienone is 2. The van der Waals surface area contributed by atoms with Crippen molar-refractivity contribution >= 4 is 40.6 Å². The van der Waals surface area contributed by atoms with E-state index in [-0.39, 0.29) is 23.7 Å². The monoisotopic (exact) mass is 494 g/mol.